The molecule has 0 fully saturated rings. The number of rotatable bonds is 4. The molecule has 6 heteroatoms. The first-order valence-corrected chi connectivity index (χ1v) is 5.46. The maximum atomic E-state index is 10.9. The Kier molecular flexibility index (Phi) is 2.98. The second-order valence-electron chi connectivity index (χ2n) is 3.27. The minimum absolute atomic E-state index is 0.00710. The zero-order chi connectivity index (χ0) is 10.7. The average molecular weight is 224 g/mol. The third-order valence-electron chi connectivity index (χ3n) is 2.11. The van der Waals surface area contributed by atoms with Crippen LogP contribution in [0.25, 0.3) is 0 Å². The monoisotopic (exact) mass is 224 g/mol. The highest BCUT2D eigenvalue weighted by molar-refractivity contribution is 7.07. The Morgan fingerprint density at radius 3 is 3.07 bits per heavy atom. The summed E-state index contributed by atoms with van der Waals surface area (Å²) in [5.74, 6) is 0. The zero-order valence-electron chi connectivity index (χ0n) is 8.36. The molecule has 15 heavy (non-hydrogen) atoms. The van der Waals surface area contributed by atoms with Crippen LogP contribution in [0.5, 0.6) is 0 Å². The van der Waals surface area contributed by atoms with E-state index in [9.17, 15) is 4.79 Å². The van der Waals surface area contributed by atoms with Crippen LogP contribution in [0.4, 0.5) is 0 Å². The second kappa shape index (κ2) is 4.41. The summed E-state index contributed by atoms with van der Waals surface area (Å²) >= 11 is 1.19. The van der Waals surface area contributed by atoms with E-state index < -0.39 is 0 Å². The molecule has 0 saturated heterocycles. The van der Waals surface area contributed by atoms with E-state index >= 15 is 0 Å². The van der Waals surface area contributed by atoms with Crippen molar-refractivity contribution in [2.45, 2.75) is 13.1 Å². The number of aromatic amines is 1. The molecule has 0 radical (unpaired) electrons. The summed E-state index contributed by atoms with van der Waals surface area (Å²) in [6.07, 6.45) is 3.59. The lowest BCUT2D eigenvalue weighted by atomic mass is 10.4. The summed E-state index contributed by atoms with van der Waals surface area (Å²) in [6, 6.07) is 0. The average Bonchev–Trinajstić information content (AvgIpc) is 2.77. The zero-order valence-corrected chi connectivity index (χ0v) is 9.17. The fraction of sp³-hybridized carbons (Fsp3) is 0.333. The van der Waals surface area contributed by atoms with Crippen LogP contribution in [0.15, 0.2) is 22.7 Å². The van der Waals surface area contributed by atoms with Crippen molar-refractivity contribution in [1.29, 1.82) is 0 Å². The van der Waals surface area contributed by atoms with Crippen molar-refractivity contribution < 1.29 is 0 Å². The quantitative estimate of drug-likeness (QED) is 0.793. The maximum absolute atomic E-state index is 10.9. The van der Waals surface area contributed by atoms with Gasteiger partial charge >= 0.3 is 4.87 Å². The standard InChI is InChI=1S/C9H12N4OS/c1-13-6-11-4-8(13)3-10-2-7-5-15-9(14)12-7/h4-6,10H,2-3H2,1H3,(H,12,14). The van der Waals surface area contributed by atoms with Crippen LogP contribution in [-0.2, 0) is 20.1 Å². The Balaban J connectivity index is 1.85. The van der Waals surface area contributed by atoms with Gasteiger partial charge in [-0.2, -0.15) is 0 Å². The lowest BCUT2D eigenvalue weighted by Crippen LogP contribution is -2.15. The molecular formula is C9H12N4OS. The molecule has 2 N–H and O–H groups in total. The van der Waals surface area contributed by atoms with Gasteiger partial charge in [0.05, 0.1) is 12.0 Å². The second-order valence-corrected chi connectivity index (χ2v) is 4.12. The molecular weight excluding hydrogens is 212 g/mol. The molecule has 2 aromatic heterocycles. The Hall–Kier alpha value is -1.40. The summed E-state index contributed by atoms with van der Waals surface area (Å²) in [7, 11) is 1.95. The molecule has 80 valence electrons. The van der Waals surface area contributed by atoms with Crippen LogP contribution in [0.2, 0.25) is 0 Å². The molecule has 5 nitrogen and oxygen atoms in total. The Morgan fingerprint density at radius 1 is 1.60 bits per heavy atom. The van der Waals surface area contributed by atoms with E-state index in [1.54, 1.807) is 6.33 Å². The van der Waals surface area contributed by atoms with E-state index in [-0.39, 0.29) is 4.87 Å². The summed E-state index contributed by atoms with van der Waals surface area (Å²) < 4.78 is 1.96. The maximum Gasteiger partial charge on any atom is 0.304 e. The first-order chi connectivity index (χ1) is 7.25. The van der Waals surface area contributed by atoms with Gasteiger partial charge in [0.15, 0.2) is 0 Å². The van der Waals surface area contributed by atoms with E-state index in [0.717, 1.165) is 17.9 Å². The molecule has 0 bridgehead atoms. The van der Waals surface area contributed by atoms with Crippen molar-refractivity contribution in [2.24, 2.45) is 7.05 Å². The van der Waals surface area contributed by atoms with Crippen molar-refractivity contribution >= 4 is 11.3 Å². The van der Waals surface area contributed by atoms with Crippen molar-refractivity contribution in [1.82, 2.24) is 19.9 Å². The third kappa shape index (κ3) is 2.54. The molecule has 0 saturated carbocycles. The lowest BCUT2D eigenvalue weighted by Gasteiger charge is -2.03. The van der Waals surface area contributed by atoms with E-state index in [1.165, 1.54) is 11.3 Å². The van der Waals surface area contributed by atoms with Gasteiger partial charge in [0.2, 0.25) is 0 Å². The summed E-state index contributed by atoms with van der Waals surface area (Å²) in [5.41, 5.74) is 2.04. The Labute approximate surface area is 90.8 Å². The molecule has 0 spiro atoms. The van der Waals surface area contributed by atoms with Crippen molar-refractivity contribution in [3.05, 3.63) is 39.0 Å². The van der Waals surface area contributed by atoms with Gasteiger partial charge in [-0.05, 0) is 0 Å². The SMILES string of the molecule is Cn1cncc1CNCc1csc(=O)[nH]1. The summed E-state index contributed by atoms with van der Waals surface area (Å²) in [5, 5.41) is 5.07. The number of nitrogens with one attached hydrogen (secondary N) is 2. The molecule has 0 aromatic carbocycles. The fourth-order valence-electron chi connectivity index (χ4n) is 1.28. The molecule has 0 unspecified atom stereocenters. The van der Waals surface area contributed by atoms with Crippen molar-refractivity contribution in [2.75, 3.05) is 0 Å². The first kappa shape index (κ1) is 10.1. The number of aromatic nitrogens is 3. The minimum atomic E-state index is -0.00710. The topological polar surface area (TPSA) is 62.7 Å². The van der Waals surface area contributed by atoms with Gasteiger partial charge in [0.25, 0.3) is 0 Å². The molecule has 2 rings (SSSR count). The molecule has 0 aliphatic heterocycles. The van der Waals surface area contributed by atoms with Crippen LogP contribution >= 0.6 is 11.3 Å². The van der Waals surface area contributed by atoms with Crippen LogP contribution in [0.1, 0.15) is 11.4 Å². The number of imidazole rings is 1. The van der Waals surface area contributed by atoms with Crippen LogP contribution in [0, 0.1) is 0 Å². The van der Waals surface area contributed by atoms with Crippen LogP contribution in [-0.4, -0.2) is 14.5 Å². The molecule has 0 amide bonds. The highest BCUT2D eigenvalue weighted by Crippen LogP contribution is 1.98. The van der Waals surface area contributed by atoms with Gasteiger partial charge in [-0.1, -0.05) is 11.3 Å². The van der Waals surface area contributed by atoms with Gasteiger partial charge in [-0.25, -0.2) is 4.98 Å². The van der Waals surface area contributed by atoms with Crippen LogP contribution in [0.3, 0.4) is 0 Å². The minimum Gasteiger partial charge on any atom is -0.337 e. The Bertz CT molecular complexity index is 484. The number of hydrogen-bond acceptors (Lipinski definition) is 4. The number of H-pyrrole nitrogens is 1. The highest BCUT2D eigenvalue weighted by atomic mass is 32.1. The summed E-state index contributed by atoms with van der Waals surface area (Å²) in [6.45, 7) is 1.41. The molecule has 2 aromatic rings. The predicted molar refractivity (Wildman–Crippen MR) is 58.7 cm³/mol. The van der Waals surface area contributed by atoms with Crippen LogP contribution < -0.4 is 10.2 Å². The van der Waals surface area contributed by atoms with Crippen molar-refractivity contribution in [3.63, 3.8) is 0 Å². The fourth-order valence-corrected chi connectivity index (χ4v) is 1.86. The van der Waals surface area contributed by atoms with Gasteiger partial charge in [-0.15, -0.1) is 0 Å². The smallest absolute Gasteiger partial charge is 0.304 e. The van der Waals surface area contributed by atoms with E-state index in [4.69, 9.17) is 0 Å². The summed E-state index contributed by atoms with van der Waals surface area (Å²) in [4.78, 5) is 17.6. The van der Waals surface area contributed by atoms with Crippen molar-refractivity contribution in [3.8, 4) is 0 Å². The normalized spacial score (nSPS) is 10.7. The van der Waals surface area contributed by atoms with Gasteiger partial charge in [-0.3, -0.25) is 4.79 Å². The predicted octanol–water partition coefficient (Wildman–Crippen LogP) is 0.460. The number of nitrogens with zero attached hydrogens (tertiary/aromatic N) is 2. The van der Waals surface area contributed by atoms with Gasteiger partial charge in [0, 0.05) is 37.4 Å². The number of hydrogen-bond donors (Lipinski definition) is 2. The first-order valence-electron chi connectivity index (χ1n) is 4.58. The molecule has 0 atom stereocenters. The van der Waals surface area contributed by atoms with E-state index in [0.29, 0.717) is 6.54 Å². The molecule has 0 aliphatic rings. The van der Waals surface area contributed by atoms with Gasteiger partial charge < -0.3 is 14.9 Å². The third-order valence-corrected chi connectivity index (χ3v) is 2.83. The van der Waals surface area contributed by atoms with E-state index in [2.05, 4.69) is 15.3 Å². The van der Waals surface area contributed by atoms with E-state index in [1.807, 2.05) is 23.2 Å². The largest absolute Gasteiger partial charge is 0.337 e. The Morgan fingerprint density at radius 2 is 2.47 bits per heavy atom. The van der Waals surface area contributed by atoms with Gasteiger partial charge in [0.1, 0.15) is 0 Å². The number of thiazole rings is 1. The molecule has 0 aliphatic carbocycles. The highest BCUT2D eigenvalue weighted by Gasteiger charge is 1.99. The lowest BCUT2D eigenvalue weighted by molar-refractivity contribution is 0.647. The molecule has 2 heterocycles. The number of aryl methyl sites for hydroxylation is 1.